The van der Waals surface area contributed by atoms with E-state index in [4.69, 9.17) is 4.74 Å². The van der Waals surface area contributed by atoms with E-state index in [1.54, 1.807) is 5.57 Å². The minimum absolute atomic E-state index is 0.00853. The summed E-state index contributed by atoms with van der Waals surface area (Å²) in [5.74, 6) is 2.38. The van der Waals surface area contributed by atoms with Crippen LogP contribution in [0.1, 0.15) is 120 Å². The van der Waals surface area contributed by atoms with Gasteiger partial charge >= 0.3 is 0 Å². The molecule has 0 aromatic rings. The van der Waals surface area contributed by atoms with Gasteiger partial charge in [-0.3, -0.25) is 0 Å². The van der Waals surface area contributed by atoms with Gasteiger partial charge in [0.2, 0.25) is 0 Å². The average molecular weight is 475 g/mol. The van der Waals surface area contributed by atoms with E-state index < -0.39 is 11.7 Å². The van der Waals surface area contributed by atoms with Gasteiger partial charge in [0, 0.05) is 5.41 Å². The maximum atomic E-state index is 11.7. The SMILES string of the molecule is CCC(O)[C@@]12OC[C@H]([C@H](C)CCCC(C)C)[C@@]1(C)CCC1=C2CC[C@H]2C(C)(C)[C@@H](O)CC[C@]12C. The van der Waals surface area contributed by atoms with Gasteiger partial charge in [-0.1, -0.05) is 80.2 Å². The van der Waals surface area contributed by atoms with E-state index in [0.29, 0.717) is 17.8 Å². The maximum absolute atomic E-state index is 11.7. The lowest BCUT2D eigenvalue weighted by molar-refractivity contribution is -0.141. The Labute approximate surface area is 210 Å². The normalized spacial score (nSPS) is 43.3. The summed E-state index contributed by atoms with van der Waals surface area (Å²) < 4.78 is 6.97. The number of rotatable bonds is 7. The number of aliphatic hydroxyl groups is 2. The molecule has 3 nitrogen and oxygen atoms in total. The van der Waals surface area contributed by atoms with E-state index in [2.05, 4.69) is 55.4 Å². The van der Waals surface area contributed by atoms with Gasteiger partial charge in [-0.25, -0.2) is 0 Å². The topological polar surface area (TPSA) is 49.7 Å². The van der Waals surface area contributed by atoms with Crippen LogP contribution in [0.25, 0.3) is 0 Å². The molecule has 34 heavy (non-hydrogen) atoms. The molecule has 4 aliphatic rings. The molecule has 2 N–H and O–H groups in total. The molecule has 0 radical (unpaired) electrons. The van der Waals surface area contributed by atoms with Crippen LogP contribution in [-0.2, 0) is 4.74 Å². The molecule has 0 spiro atoms. The molecule has 3 aliphatic carbocycles. The minimum Gasteiger partial charge on any atom is -0.393 e. The third kappa shape index (κ3) is 3.69. The molecule has 1 heterocycles. The Kier molecular flexibility index (Phi) is 7.20. The van der Waals surface area contributed by atoms with Crippen LogP contribution in [0.3, 0.4) is 0 Å². The summed E-state index contributed by atoms with van der Waals surface area (Å²) in [7, 11) is 0. The van der Waals surface area contributed by atoms with Gasteiger partial charge in [-0.2, -0.15) is 0 Å². The Hall–Kier alpha value is -0.380. The van der Waals surface area contributed by atoms with Gasteiger partial charge in [-0.05, 0) is 85.0 Å². The molecule has 1 saturated carbocycles. The van der Waals surface area contributed by atoms with Crippen molar-refractivity contribution in [3.05, 3.63) is 11.1 Å². The third-order valence-corrected chi connectivity index (χ3v) is 11.7. The fraction of sp³-hybridized carbons (Fsp3) is 0.935. The van der Waals surface area contributed by atoms with Crippen LogP contribution >= 0.6 is 0 Å². The van der Waals surface area contributed by atoms with E-state index in [9.17, 15) is 10.2 Å². The molecule has 2 fully saturated rings. The lowest BCUT2D eigenvalue weighted by Crippen LogP contribution is -2.61. The highest BCUT2D eigenvalue weighted by Gasteiger charge is 2.68. The van der Waals surface area contributed by atoms with Crippen LogP contribution in [0.4, 0.5) is 0 Å². The number of allylic oxidation sites excluding steroid dienone is 1. The number of hydrogen-bond acceptors (Lipinski definition) is 3. The highest BCUT2D eigenvalue weighted by atomic mass is 16.5. The molecule has 0 aromatic carbocycles. The number of fused-ring (bicyclic) bond motifs is 4. The second-order valence-electron chi connectivity index (χ2n) is 14.1. The Morgan fingerprint density at radius 3 is 2.32 bits per heavy atom. The molecule has 8 atom stereocenters. The second-order valence-corrected chi connectivity index (χ2v) is 14.1. The number of hydrogen-bond donors (Lipinski definition) is 2. The molecule has 1 saturated heterocycles. The van der Waals surface area contributed by atoms with E-state index in [1.165, 1.54) is 24.8 Å². The smallest absolute Gasteiger partial charge is 0.121 e. The predicted octanol–water partition coefficient (Wildman–Crippen LogP) is 7.30. The predicted molar refractivity (Wildman–Crippen MR) is 141 cm³/mol. The zero-order valence-electron chi connectivity index (χ0n) is 23.5. The lowest BCUT2D eigenvalue weighted by atomic mass is 9.44. The van der Waals surface area contributed by atoms with Crippen LogP contribution < -0.4 is 0 Å². The maximum Gasteiger partial charge on any atom is 0.121 e. The first kappa shape index (κ1) is 26.7. The summed E-state index contributed by atoms with van der Waals surface area (Å²) in [6.45, 7) is 19.5. The first-order chi connectivity index (χ1) is 15.9. The lowest BCUT2D eigenvalue weighted by Gasteiger charge is -2.62. The van der Waals surface area contributed by atoms with Crippen LogP contribution in [0.15, 0.2) is 11.1 Å². The van der Waals surface area contributed by atoms with E-state index in [0.717, 1.165) is 57.5 Å². The number of aliphatic hydroxyl groups excluding tert-OH is 2. The summed E-state index contributed by atoms with van der Waals surface area (Å²) >= 11 is 0. The number of ether oxygens (including phenoxy) is 1. The Morgan fingerprint density at radius 2 is 1.68 bits per heavy atom. The molecular weight excluding hydrogens is 420 g/mol. The van der Waals surface area contributed by atoms with Crippen LogP contribution in [0.2, 0.25) is 0 Å². The van der Waals surface area contributed by atoms with E-state index in [1.807, 2.05) is 0 Å². The third-order valence-electron chi connectivity index (χ3n) is 11.7. The van der Waals surface area contributed by atoms with Crippen molar-refractivity contribution in [3.8, 4) is 0 Å². The van der Waals surface area contributed by atoms with Crippen molar-refractivity contribution in [2.45, 2.75) is 137 Å². The van der Waals surface area contributed by atoms with Crippen molar-refractivity contribution >= 4 is 0 Å². The van der Waals surface area contributed by atoms with Crippen LogP contribution in [0, 0.1) is 39.9 Å². The molecule has 0 amide bonds. The van der Waals surface area contributed by atoms with Gasteiger partial charge in [0.15, 0.2) is 0 Å². The Bertz CT molecular complexity index is 784. The quantitative estimate of drug-likeness (QED) is 0.381. The summed E-state index contributed by atoms with van der Waals surface area (Å²) in [6, 6.07) is 0. The zero-order valence-corrected chi connectivity index (χ0v) is 23.5. The fourth-order valence-corrected chi connectivity index (χ4v) is 9.56. The standard InChI is InChI=1S/C31H54O3/c1-9-26(32)31-23-13-14-25-28(5,6)27(33)16-17-29(25,7)22(23)15-18-30(31,8)24(19-34-31)21(4)12-10-11-20(2)3/h20-21,24-27,32-33H,9-19H2,1-8H3/t21-,24-,25+,26?,27+,29-,30-,31-/m1/s1. The van der Waals surface area contributed by atoms with E-state index in [-0.39, 0.29) is 22.3 Å². The summed E-state index contributed by atoms with van der Waals surface area (Å²) in [4.78, 5) is 0. The molecule has 1 aliphatic heterocycles. The van der Waals surface area contributed by atoms with Gasteiger partial charge < -0.3 is 14.9 Å². The highest BCUT2D eigenvalue weighted by molar-refractivity contribution is 5.42. The van der Waals surface area contributed by atoms with Crippen molar-refractivity contribution in [1.29, 1.82) is 0 Å². The molecule has 3 heteroatoms. The highest BCUT2D eigenvalue weighted by Crippen LogP contribution is 2.69. The van der Waals surface area contributed by atoms with Gasteiger partial charge in [-0.15, -0.1) is 0 Å². The van der Waals surface area contributed by atoms with Crippen molar-refractivity contribution in [3.63, 3.8) is 0 Å². The van der Waals surface area contributed by atoms with Crippen LogP contribution in [0.5, 0.6) is 0 Å². The van der Waals surface area contributed by atoms with E-state index >= 15 is 0 Å². The average Bonchev–Trinajstić information content (AvgIpc) is 3.10. The molecule has 1 unspecified atom stereocenters. The zero-order chi connectivity index (χ0) is 25.1. The van der Waals surface area contributed by atoms with Crippen LogP contribution in [-0.4, -0.2) is 34.6 Å². The van der Waals surface area contributed by atoms with Gasteiger partial charge in [0.05, 0.1) is 18.8 Å². The first-order valence-corrected chi connectivity index (χ1v) is 14.6. The Balaban J connectivity index is 1.73. The molecule has 0 bridgehead atoms. The largest absolute Gasteiger partial charge is 0.393 e. The first-order valence-electron chi connectivity index (χ1n) is 14.6. The molecule has 196 valence electrons. The molecular formula is C31H54O3. The minimum atomic E-state index is -0.527. The van der Waals surface area contributed by atoms with Gasteiger partial charge in [0.25, 0.3) is 0 Å². The van der Waals surface area contributed by atoms with Crippen molar-refractivity contribution in [2.75, 3.05) is 6.61 Å². The monoisotopic (exact) mass is 474 g/mol. The van der Waals surface area contributed by atoms with Crippen molar-refractivity contribution < 1.29 is 14.9 Å². The van der Waals surface area contributed by atoms with Crippen molar-refractivity contribution in [1.82, 2.24) is 0 Å². The summed E-state index contributed by atoms with van der Waals surface area (Å²) in [5, 5.41) is 22.6. The summed E-state index contributed by atoms with van der Waals surface area (Å²) in [6.07, 6.45) is 10.3. The summed E-state index contributed by atoms with van der Waals surface area (Å²) in [5.41, 5.74) is 2.58. The van der Waals surface area contributed by atoms with Gasteiger partial charge in [0.1, 0.15) is 5.60 Å². The second kappa shape index (κ2) is 9.18. The Morgan fingerprint density at radius 1 is 0.971 bits per heavy atom. The molecule has 4 rings (SSSR count). The molecule has 0 aromatic heterocycles. The van der Waals surface area contributed by atoms with Crippen molar-refractivity contribution in [2.24, 2.45) is 39.9 Å². The fourth-order valence-electron chi connectivity index (χ4n) is 9.56.